The van der Waals surface area contributed by atoms with Gasteiger partial charge in [-0.2, -0.15) is 0 Å². The van der Waals surface area contributed by atoms with Crippen LogP contribution >= 0.6 is 0 Å². The quantitative estimate of drug-likeness (QED) is 0.824. The molecule has 6 heteroatoms. The molecular weight excluding hydrogens is 326 g/mol. The molecule has 26 heavy (non-hydrogen) atoms. The smallest absolute Gasteiger partial charge is 0.274 e. The average molecular weight is 353 g/mol. The molecule has 0 radical (unpaired) electrons. The molecule has 1 saturated heterocycles. The summed E-state index contributed by atoms with van der Waals surface area (Å²) in [5, 5.41) is 2.92. The Morgan fingerprint density at radius 2 is 1.92 bits per heavy atom. The predicted molar refractivity (Wildman–Crippen MR) is 106 cm³/mol. The lowest BCUT2D eigenvalue weighted by atomic mass is 10.2. The Morgan fingerprint density at radius 3 is 2.62 bits per heavy atom. The molecule has 138 valence electrons. The summed E-state index contributed by atoms with van der Waals surface area (Å²) in [6.45, 7) is 5.29. The van der Waals surface area contributed by atoms with Crippen LogP contribution in [0.2, 0.25) is 0 Å². The number of benzene rings is 1. The Kier molecular flexibility index (Phi) is 6.04. The van der Waals surface area contributed by atoms with E-state index in [-0.39, 0.29) is 5.91 Å². The first-order valence-corrected chi connectivity index (χ1v) is 9.37. The molecule has 1 aromatic heterocycles. The van der Waals surface area contributed by atoms with Crippen LogP contribution in [-0.2, 0) is 0 Å². The number of carbonyl (C=O) groups excluding carboxylic acids is 1. The van der Waals surface area contributed by atoms with E-state index in [9.17, 15) is 4.79 Å². The summed E-state index contributed by atoms with van der Waals surface area (Å²) >= 11 is 0. The maximum absolute atomic E-state index is 12.5. The first-order valence-electron chi connectivity index (χ1n) is 9.37. The summed E-state index contributed by atoms with van der Waals surface area (Å²) in [7, 11) is 1.98. The fraction of sp³-hybridized carbons (Fsp3) is 0.450. The second-order valence-corrected chi connectivity index (χ2v) is 6.73. The molecule has 2 aromatic rings. The minimum Gasteiger partial charge on any atom is -0.372 e. The Morgan fingerprint density at radius 1 is 1.19 bits per heavy atom. The molecule has 0 aliphatic carbocycles. The Balaban J connectivity index is 1.64. The summed E-state index contributed by atoms with van der Waals surface area (Å²) < 4.78 is 0. The minimum absolute atomic E-state index is 0.216. The van der Waals surface area contributed by atoms with E-state index in [1.807, 2.05) is 24.1 Å². The number of hydrogen-bond acceptors (Lipinski definition) is 5. The normalized spacial score (nSPS) is 13.7. The third-order valence-electron chi connectivity index (χ3n) is 4.72. The number of unbranched alkanes of at least 4 members (excludes halogenated alkanes) is 1. The van der Waals surface area contributed by atoms with Crippen molar-refractivity contribution in [2.45, 2.75) is 32.6 Å². The molecule has 1 aliphatic rings. The fourth-order valence-corrected chi connectivity index (χ4v) is 3.12. The van der Waals surface area contributed by atoms with Gasteiger partial charge in [-0.05, 0) is 43.5 Å². The van der Waals surface area contributed by atoms with Gasteiger partial charge in [0.05, 0.1) is 0 Å². The van der Waals surface area contributed by atoms with Gasteiger partial charge in [-0.15, -0.1) is 0 Å². The molecule has 1 aliphatic heterocycles. The molecule has 3 rings (SSSR count). The molecule has 0 bridgehead atoms. The molecule has 1 aromatic carbocycles. The number of nitrogens with zero attached hydrogens (tertiary/aromatic N) is 4. The van der Waals surface area contributed by atoms with Crippen molar-refractivity contribution in [2.75, 3.05) is 41.8 Å². The van der Waals surface area contributed by atoms with E-state index in [2.05, 4.69) is 39.2 Å². The third-order valence-corrected chi connectivity index (χ3v) is 4.72. The van der Waals surface area contributed by atoms with Crippen molar-refractivity contribution in [3.8, 4) is 0 Å². The molecule has 6 nitrogen and oxygen atoms in total. The topological polar surface area (TPSA) is 61.4 Å². The fourth-order valence-electron chi connectivity index (χ4n) is 3.12. The average Bonchev–Trinajstić information content (AvgIpc) is 3.21. The van der Waals surface area contributed by atoms with Crippen molar-refractivity contribution in [1.29, 1.82) is 0 Å². The zero-order valence-corrected chi connectivity index (χ0v) is 15.6. The van der Waals surface area contributed by atoms with Crippen molar-refractivity contribution in [2.24, 2.45) is 0 Å². The zero-order chi connectivity index (χ0) is 18.4. The second-order valence-electron chi connectivity index (χ2n) is 6.73. The van der Waals surface area contributed by atoms with E-state index in [1.54, 1.807) is 6.07 Å². The highest BCUT2D eigenvalue weighted by atomic mass is 16.1. The largest absolute Gasteiger partial charge is 0.372 e. The number of anilines is 3. The monoisotopic (exact) mass is 353 g/mol. The van der Waals surface area contributed by atoms with Gasteiger partial charge in [0.25, 0.3) is 5.91 Å². The highest BCUT2D eigenvalue weighted by Crippen LogP contribution is 2.22. The van der Waals surface area contributed by atoms with E-state index in [4.69, 9.17) is 0 Å². The first kappa shape index (κ1) is 18.2. The highest BCUT2D eigenvalue weighted by Gasteiger charge is 2.13. The van der Waals surface area contributed by atoms with Crippen LogP contribution in [0.3, 0.4) is 0 Å². The first-order chi connectivity index (χ1) is 12.7. The number of aromatic nitrogens is 2. The van der Waals surface area contributed by atoms with Crippen LogP contribution in [0.4, 0.5) is 17.2 Å². The number of carbonyl (C=O) groups is 1. The van der Waals surface area contributed by atoms with E-state index in [0.717, 1.165) is 44.0 Å². The minimum atomic E-state index is -0.216. The van der Waals surface area contributed by atoms with E-state index in [1.165, 1.54) is 24.9 Å². The lowest BCUT2D eigenvalue weighted by molar-refractivity contribution is 0.102. The van der Waals surface area contributed by atoms with Crippen LogP contribution < -0.4 is 15.1 Å². The van der Waals surface area contributed by atoms with Crippen LogP contribution in [0.5, 0.6) is 0 Å². The Bertz CT molecular complexity index is 725. The Labute approximate surface area is 155 Å². The van der Waals surface area contributed by atoms with Crippen LogP contribution in [0.1, 0.15) is 43.1 Å². The van der Waals surface area contributed by atoms with E-state index < -0.39 is 0 Å². The molecule has 0 unspecified atom stereocenters. The molecular formula is C20H27N5O. The SMILES string of the molecule is CCCCN(C)c1cc(C(=O)Nc2ccc(N3CCCC3)cc2)ncn1. The van der Waals surface area contributed by atoms with Crippen molar-refractivity contribution >= 4 is 23.1 Å². The van der Waals surface area contributed by atoms with Gasteiger partial charge in [0, 0.05) is 44.1 Å². The van der Waals surface area contributed by atoms with Gasteiger partial charge in [0.15, 0.2) is 0 Å². The summed E-state index contributed by atoms with van der Waals surface area (Å²) in [4.78, 5) is 25.3. The van der Waals surface area contributed by atoms with Gasteiger partial charge >= 0.3 is 0 Å². The summed E-state index contributed by atoms with van der Waals surface area (Å²) in [5.74, 6) is 0.550. The maximum Gasteiger partial charge on any atom is 0.274 e. The lowest BCUT2D eigenvalue weighted by Gasteiger charge is -2.18. The molecule has 0 spiro atoms. The van der Waals surface area contributed by atoms with Crippen molar-refractivity contribution in [3.63, 3.8) is 0 Å². The molecule has 1 N–H and O–H groups in total. The van der Waals surface area contributed by atoms with Crippen LogP contribution in [0.15, 0.2) is 36.7 Å². The van der Waals surface area contributed by atoms with Gasteiger partial charge in [-0.25, -0.2) is 9.97 Å². The Hall–Kier alpha value is -2.63. The molecule has 0 atom stereocenters. The molecule has 0 saturated carbocycles. The predicted octanol–water partition coefficient (Wildman–Crippen LogP) is 3.57. The molecule has 1 amide bonds. The van der Waals surface area contributed by atoms with Crippen molar-refractivity contribution in [3.05, 3.63) is 42.4 Å². The third kappa shape index (κ3) is 4.50. The lowest BCUT2D eigenvalue weighted by Crippen LogP contribution is -2.21. The van der Waals surface area contributed by atoms with Crippen LogP contribution in [0.25, 0.3) is 0 Å². The summed E-state index contributed by atoms with van der Waals surface area (Å²) in [6.07, 6.45) is 6.16. The van der Waals surface area contributed by atoms with Crippen molar-refractivity contribution < 1.29 is 4.79 Å². The van der Waals surface area contributed by atoms with E-state index >= 15 is 0 Å². The van der Waals surface area contributed by atoms with Gasteiger partial charge in [0.1, 0.15) is 17.8 Å². The van der Waals surface area contributed by atoms with Crippen LogP contribution in [-0.4, -0.2) is 42.6 Å². The van der Waals surface area contributed by atoms with E-state index in [0.29, 0.717) is 5.69 Å². The van der Waals surface area contributed by atoms with Gasteiger partial charge < -0.3 is 15.1 Å². The number of hydrogen-bond donors (Lipinski definition) is 1. The molecule has 1 fully saturated rings. The summed E-state index contributed by atoms with van der Waals surface area (Å²) in [5.41, 5.74) is 2.36. The molecule has 2 heterocycles. The number of rotatable bonds is 7. The number of amides is 1. The van der Waals surface area contributed by atoms with Crippen LogP contribution in [0, 0.1) is 0 Å². The second kappa shape index (κ2) is 8.65. The zero-order valence-electron chi connectivity index (χ0n) is 15.6. The summed E-state index contributed by atoms with van der Waals surface area (Å²) in [6, 6.07) is 9.75. The van der Waals surface area contributed by atoms with Gasteiger partial charge in [0.2, 0.25) is 0 Å². The number of nitrogens with one attached hydrogen (secondary N) is 1. The van der Waals surface area contributed by atoms with Gasteiger partial charge in [-0.1, -0.05) is 13.3 Å². The maximum atomic E-state index is 12.5. The van der Waals surface area contributed by atoms with Gasteiger partial charge in [-0.3, -0.25) is 4.79 Å². The standard InChI is InChI=1S/C20H27N5O/c1-3-4-11-24(2)19-14-18(21-15-22-19)20(26)23-16-7-9-17(10-8-16)25-12-5-6-13-25/h7-10,14-15H,3-6,11-13H2,1-2H3,(H,23,26). The van der Waals surface area contributed by atoms with Crippen molar-refractivity contribution in [1.82, 2.24) is 9.97 Å². The highest BCUT2D eigenvalue weighted by molar-refractivity contribution is 6.03.